The maximum absolute atomic E-state index is 11.9. The van der Waals surface area contributed by atoms with E-state index in [9.17, 15) is 13.2 Å². The molecule has 0 aliphatic heterocycles. The highest BCUT2D eigenvalue weighted by Crippen LogP contribution is 2.20. The number of ether oxygens (including phenoxy) is 1. The normalized spacial score (nSPS) is 11.8. The molecule has 1 aromatic carbocycles. The van der Waals surface area contributed by atoms with Crippen LogP contribution in [0.2, 0.25) is 0 Å². The summed E-state index contributed by atoms with van der Waals surface area (Å²) in [5.74, 6) is 0.662. The number of hydrogen-bond donors (Lipinski definition) is 1. The zero-order valence-electron chi connectivity index (χ0n) is 12.8. The Labute approximate surface area is 137 Å². The summed E-state index contributed by atoms with van der Waals surface area (Å²) in [6, 6.07) is 10.1. The number of aryl methyl sites for hydroxylation is 1. The second kappa shape index (κ2) is 8.40. The van der Waals surface area contributed by atoms with E-state index < -0.39 is 12.8 Å². The largest absolute Gasteiger partial charge is 0.411 e. The van der Waals surface area contributed by atoms with E-state index in [0.717, 1.165) is 23.0 Å². The molecular weight excluding hydrogens is 325 g/mol. The lowest BCUT2D eigenvalue weighted by Gasteiger charge is -2.06. The van der Waals surface area contributed by atoms with Gasteiger partial charge in [0.05, 0.1) is 5.69 Å². The van der Waals surface area contributed by atoms with Crippen molar-refractivity contribution in [3.8, 4) is 0 Å². The standard InChI is InChI=1S/C16H19F3N2OS/c1-12-14(10-13-6-3-2-4-7-13)21-15(20-12)23-9-5-8-22-11-16(17,18)19/h2-4,6-7H,5,8-11H2,1H3,(H,20,21). The summed E-state index contributed by atoms with van der Waals surface area (Å²) in [5.41, 5.74) is 3.20. The Kier molecular flexibility index (Phi) is 6.53. The topological polar surface area (TPSA) is 37.9 Å². The van der Waals surface area contributed by atoms with Crippen molar-refractivity contribution < 1.29 is 17.9 Å². The maximum Gasteiger partial charge on any atom is 0.411 e. The molecule has 0 unspecified atom stereocenters. The molecule has 1 N–H and O–H groups in total. The number of rotatable bonds is 8. The molecule has 0 saturated carbocycles. The van der Waals surface area contributed by atoms with Crippen molar-refractivity contribution in [2.24, 2.45) is 0 Å². The average molecular weight is 344 g/mol. The Morgan fingerprint density at radius 2 is 1.96 bits per heavy atom. The molecule has 23 heavy (non-hydrogen) atoms. The SMILES string of the molecule is Cc1[nH]c(SCCCOCC(F)(F)F)nc1Cc1ccccc1. The van der Waals surface area contributed by atoms with Crippen LogP contribution in [0.3, 0.4) is 0 Å². The summed E-state index contributed by atoms with van der Waals surface area (Å²) < 4.78 is 40.3. The van der Waals surface area contributed by atoms with Gasteiger partial charge in [0.25, 0.3) is 0 Å². The number of halogens is 3. The van der Waals surface area contributed by atoms with Gasteiger partial charge >= 0.3 is 6.18 Å². The minimum atomic E-state index is -4.25. The Morgan fingerprint density at radius 1 is 1.22 bits per heavy atom. The smallest absolute Gasteiger partial charge is 0.372 e. The van der Waals surface area contributed by atoms with Crippen molar-refractivity contribution in [1.29, 1.82) is 0 Å². The molecule has 1 aromatic heterocycles. The molecule has 0 bridgehead atoms. The summed E-state index contributed by atoms with van der Waals surface area (Å²) in [6.45, 7) is 0.892. The first-order valence-corrected chi connectivity index (χ1v) is 8.29. The van der Waals surface area contributed by atoms with Crippen molar-refractivity contribution in [2.75, 3.05) is 19.0 Å². The molecule has 3 nitrogen and oxygen atoms in total. The summed E-state index contributed by atoms with van der Waals surface area (Å²) in [5, 5.41) is 0.796. The lowest BCUT2D eigenvalue weighted by molar-refractivity contribution is -0.173. The number of aromatic amines is 1. The van der Waals surface area contributed by atoms with E-state index in [1.807, 2.05) is 25.1 Å². The minimum absolute atomic E-state index is 0.100. The molecule has 0 spiro atoms. The van der Waals surface area contributed by atoms with Gasteiger partial charge in [-0.3, -0.25) is 0 Å². The number of hydrogen-bond acceptors (Lipinski definition) is 3. The minimum Gasteiger partial charge on any atom is -0.372 e. The Morgan fingerprint density at radius 3 is 2.65 bits per heavy atom. The molecule has 7 heteroatoms. The Bertz CT molecular complexity index is 599. The fourth-order valence-corrected chi connectivity index (χ4v) is 2.87. The van der Waals surface area contributed by atoms with Crippen molar-refractivity contribution in [3.05, 3.63) is 47.3 Å². The second-order valence-electron chi connectivity index (χ2n) is 5.15. The third-order valence-electron chi connectivity index (χ3n) is 3.12. The Balaban J connectivity index is 1.73. The van der Waals surface area contributed by atoms with E-state index in [1.165, 1.54) is 17.3 Å². The third kappa shape index (κ3) is 6.66. The van der Waals surface area contributed by atoms with E-state index >= 15 is 0 Å². The van der Waals surface area contributed by atoms with Gasteiger partial charge in [-0.25, -0.2) is 4.98 Å². The average Bonchev–Trinajstić information content (AvgIpc) is 2.83. The van der Waals surface area contributed by atoms with Crippen LogP contribution >= 0.6 is 11.8 Å². The number of nitrogens with zero attached hydrogens (tertiary/aromatic N) is 1. The highest BCUT2D eigenvalue weighted by atomic mass is 32.2. The van der Waals surface area contributed by atoms with Crippen LogP contribution in [0.4, 0.5) is 13.2 Å². The van der Waals surface area contributed by atoms with Gasteiger partial charge in [-0.1, -0.05) is 42.1 Å². The van der Waals surface area contributed by atoms with Crippen molar-refractivity contribution in [3.63, 3.8) is 0 Å². The lowest BCUT2D eigenvalue weighted by Crippen LogP contribution is -2.17. The summed E-state index contributed by atoms with van der Waals surface area (Å²) in [7, 11) is 0. The highest BCUT2D eigenvalue weighted by Gasteiger charge is 2.27. The monoisotopic (exact) mass is 344 g/mol. The Hall–Kier alpha value is -1.47. The molecule has 0 fully saturated rings. The van der Waals surface area contributed by atoms with Gasteiger partial charge in [0.2, 0.25) is 0 Å². The van der Waals surface area contributed by atoms with Gasteiger partial charge in [-0.2, -0.15) is 13.2 Å². The van der Waals surface area contributed by atoms with Gasteiger partial charge in [-0.15, -0.1) is 0 Å². The van der Waals surface area contributed by atoms with Crippen LogP contribution < -0.4 is 0 Å². The van der Waals surface area contributed by atoms with Crippen LogP contribution in [0, 0.1) is 6.92 Å². The van der Waals surface area contributed by atoms with Crippen LogP contribution in [0.15, 0.2) is 35.5 Å². The molecule has 1 heterocycles. The fraction of sp³-hybridized carbons (Fsp3) is 0.438. The summed E-state index contributed by atoms with van der Waals surface area (Å²) in [4.78, 5) is 7.76. The van der Waals surface area contributed by atoms with Gasteiger partial charge in [0, 0.05) is 24.5 Å². The quantitative estimate of drug-likeness (QED) is 0.571. The van der Waals surface area contributed by atoms with Crippen LogP contribution in [0.5, 0.6) is 0 Å². The van der Waals surface area contributed by atoms with Crippen LogP contribution in [-0.4, -0.2) is 35.1 Å². The molecule has 2 rings (SSSR count). The third-order valence-corrected chi connectivity index (χ3v) is 4.08. The summed E-state index contributed by atoms with van der Waals surface area (Å²) in [6.07, 6.45) is -2.94. The zero-order chi connectivity index (χ0) is 16.7. The first-order chi connectivity index (χ1) is 10.9. The molecule has 0 aliphatic carbocycles. The fourth-order valence-electron chi connectivity index (χ4n) is 2.01. The molecular formula is C16H19F3N2OS. The van der Waals surface area contributed by atoms with E-state index in [2.05, 4.69) is 26.8 Å². The number of thioether (sulfide) groups is 1. The van der Waals surface area contributed by atoms with Crippen molar-refractivity contribution in [2.45, 2.75) is 31.1 Å². The number of aromatic nitrogens is 2. The molecule has 2 aromatic rings. The lowest BCUT2D eigenvalue weighted by atomic mass is 10.1. The van der Waals surface area contributed by atoms with Gasteiger partial charge in [-0.05, 0) is 18.9 Å². The number of nitrogens with one attached hydrogen (secondary N) is 1. The molecule has 0 saturated heterocycles. The van der Waals surface area contributed by atoms with Gasteiger partial charge in [0.1, 0.15) is 6.61 Å². The molecule has 0 radical (unpaired) electrons. The van der Waals surface area contributed by atoms with Crippen LogP contribution in [-0.2, 0) is 11.2 Å². The van der Waals surface area contributed by atoms with E-state index in [-0.39, 0.29) is 6.61 Å². The first-order valence-electron chi connectivity index (χ1n) is 7.31. The van der Waals surface area contributed by atoms with E-state index in [1.54, 1.807) is 0 Å². The van der Waals surface area contributed by atoms with E-state index in [0.29, 0.717) is 12.2 Å². The maximum atomic E-state index is 11.9. The molecule has 0 amide bonds. The molecule has 0 aliphatic rings. The number of alkyl halides is 3. The van der Waals surface area contributed by atoms with Crippen molar-refractivity contribution in [1.82, 2.24) is 9.97 Å². The number of benzene rings is 1. The number of H-pyrrole nitrogens is 1. The predicted octanol–water partition coefficient (Wildman–Crippen LogP) is 4.37. The van der Waals surface area contributed by atoms with Crippen molar-refractivity contribution >= 4 is 11.8 Å². The van der Waals surface area contributed by atoms with E-state index in [4.69, 9.17) is 0 Å². The first kappa shape index (κ1) is 17.9. The summed E-state index contributed by atoms with van der Waals surface area (Å²) >= 11 is 1.50. The molecule has 0 atom stereocenters. The molecule has 126 valence electrons. The zero-order valence-corrected chi connectivity index (χ0v) is 13.6. The predicted molar refractivity (Wildman–Crippen MR) is 84.8 cm³/mol. The number of imidazole rings is 1. The second-order valence-corrected chi connectivity index (χ2v) is 6.23. The van der Waals surface area contributed by atoms with Gasteiger partial charge < -0.3 is 9.72 Å². The highest BCUT2D eigenvalue weighted by molar-refractivity contribution is 7.99. The van der Waals surface area contributed by atoms with Crippen LogP contribution in [0.25, 0.3) is 0 Å². The van der Waals surface area contributed by atoms with Crippen LogP contribution in [0.1, 0.15) is 23.4 Å². The van der Waals surface area contributed by atoms with Gasteiger partial charge in [0.15, 0.2) is 5.16 Å².